The van der Waals surface area contributed by atoms with Crippen LogP contribution in [0.3, 0.4) is 0 Å². The van der Waals surface area contributed by atoms with E-state index in [4.69, 9.17) is 10.7 Å². The summed E-state index contributed by atoms with van der Waals surface area (Å²) in [6.45, 7) is 4.05. The molecule has 1 fully saturated rings. The van der Waals surface area contributed by atoms with Gasteiger partial charge in [-0.3, -0.25) is 4.68 Å². The smallest absolute Gasteiger partial charge is 0.264 e. The fraction of sp³-hybridized carbons (Fsp3) is 0.700. The Kier molecular flexibility index (Phi) is 3.01. The van der Waals surface area contributed by atoms with Gasteiger partial charge in [0, 0.05) is 28.8 Å². The zero-order chi connectivity index (χ0) is 11.9. The third-order valence-electron chi connectivity index (χ3n) is 2.99. The first-order valence-corrected chi connectivity index (χ1v) is 7.78. The topological polar surface area (TPSA) is 52.0 Å². The van der Waals surface area contributed by atoms with E-state index >= 15 is 0 Å². The van der Waals surface area contributed by atoms with Crippen molar-refractivity contribution in [3.63, 3.8) is 0 Å². The van der Waals surface area contributed by atoms with Crippen molar-refractivity contribution in [3.8, 4) is 0 Å². The summed E-state index contributed by atoms with van der Waals surface area (Å²) < 4.78 is 24.6. The molecule has 1 aromatic heterocycles. The second kappa shape index (κ2) is 4.04. The summed E-state index contributed by atoms with van der Waals surface area (Å²) in [6.07, 6.45) is 4.49. The van der Waals surface area contributed by atoms with Crippen LogP contribution in [0, 0.1) is 0 Å². The Morgan fingerprint density at radius 3 is 2.69 bits per heavy atom. The third-order valence-corrected chi connectivity index (χ3v) is 4.33. The summed E-state index contributed by atoms with van der Waals surface area (Å²) >= 11 is 0. The Morgan fingerprint density at radius 2 is 2.25 bits per heavy atom. The van der Waals surface area contributed by atoms with E-state index in [9.17, 15) is 8.42 Å². The molecule has 1 aromatic rings. The minimum atomic E-state index is -3.67. The van der Waals surface area contributed by atoms with Gasteiger partial charge in [0.1, 0.15) is 4.90 Å². The maximum Gasteiger partial charge on any atom is 0.264 e. The van der Waals surface area contributed by atoms with Crippen LogP contribution in [0.25, 0.3) is 0 Å². The number of hydrogen-bond donors (Lipinski definition) is 0. The molecule has 0 N–H and O–H groups in total. The molecule has 1 saturated carbocycles. The molecule has 0 aliphatic heterocycles. The van der Waals surface area contributed by atoms with Crippen molar-refractivity contribution in [1.82, 2.24) is 9.78 Å². The summed E-state index contributed by atoms with van der Waals surface area (Å²) in [6, 6.07) is 0.199. The fourth-order valence-corrected chi connectivity index (χ4v) is 2.68. The van der Waals surface area contributed by atoms with E-state index in [0.717, 1.165) is 19.3 Å². The predicted octanol–water partition coefficient (Wildman–Crippen LogP) is 2.66. The normalized spacial score (nSPS) is 18.7. The summed E-state index contributed by atoms with van der Waals surface area (Å²) in [5.74, 6) is 0.286. The molecule has 0 spiro atoms. The zero-order valence-corrected chi connectivity index (χ0v) is 10.9. The molecule has 1 aliphatic carbocycles. The van der Waals surface area contributed by atoms with Crippen molar-refractivity contribution in [1.29, 1.82) is 0 Å². The first-order chi connectivity index (χ1) is 7.43. The number of halogens is 1. The van der Waals surface area contributed by atoms with Gasteiger partial charge in [0.05, 0.1) is 5.69 Å². The number of rotatable bonds is 4. The first-order valence-electron chi connectivity index (χ1n) is 5.47. The van der Waals surface area contributed by atoms with Crippen molar-refractivity contribution < 1.29 is 8.42 Å². The van der Waals surface area contributed by atoms with Crippen molar-refractivity contribution in [3.05, 3.63) is 11.9 Å². The molecule has 1 heterocycles. The molecule has 0 radical (unpaired) electrons. The molecule has 6 heteroatoms. The highest BCUT2D eigenvalue weighted by Crippen LogP contribution is 2.42. The molecule has 1 unspecified atom stereocenters. The molecule has 0 bridgehead atoms. The molecular weight excluding hydrogens is 248 g/mol. The highest BCUT2D eigenvalue weighted by molar-refractivity contribution is 8.13. The Morgan fingerprint density at radius 1 is 1.62 bits per heavy atom. The van der Waals surface area contributed by atoms with Gasteiger partial charge in [0.2, 0.25) is 0 Å². The molecule has 0 saturated heterocycles. The maximum absolute atomic E-state index is 11.4. The Bertz CT molecular complexity index is 491. The Balaban J connectivity index is 2.46. The van der Waals surface area contributed by atoms with E-state index in [2.05, 4.69) is 5.10 Å². The molecular formula is C10H15ClN2O2S. The monoisotopic (exact) mass is 262 g/mol. The number of aromatic nitrogens is 2. The van der Waals surface area contributed by atoms with Gasteiger partial charge in [-0.05, 0) is 26.2 Å². The van der Waals surface area contributed by atoms with E-state index in [1.165, 1.54) is 0 Å². The van der Waals surface area contributed by atoms with Crippen LogP contribution in [-0.4, -0.2) is 18.2 Å². The van der Waals surface area contributed by atoms with Crippen LogP contribution < -0.4 is 0 Å². The van der Waals surface area contributed by atoms with E-state index in [-0.39, 0.29) is 16.9 Å². The lowest BCUT2D eigenvalue weighted by Gasteiger charge is -2.07. The van der Waals surface area contributed by atoms with Gasteiger partial charge in [-0.1, -0.05) is 6.92 Å². The lowest BCUT2D eigenvalue weighted by atomic mass is 10.3. The van der Waals surface area contributed by atoms with Crippen LogP contribution in [0.4, 0.5) is 0 Å². The van der Waals surface area contributed by atoms with Crippen LogP contribution in [-0.2, 0) is 9.05 Å². The van der Waals surface area contributed by atoms with Crippen LogP contribution >= 0.6 is 10.7 Å². The van der Waals surface area contributed by atoms with Gasteiger partial charge in [-0.2, -0.15) is 5.10 Å². The quantitative estimate of drug-likeness (QED) is 0.784. The summed E-state index contributed by atoms with van der Waals surface area (Å²) in [5, 5.41) is 4.36. The maximum atomic E-state index is 11.4. The highest BCUT2D eigenvalue weighted by atomic mass is 35.7. The fourth-order valence-electron chi connectivity index (χ4n) is 1.63. The lowest BCUT2D eigenvalue weighted by molar-refractivity contribution is 0.473. The van der Waals surface area contributed by atoms with Gasteiger partial charge in [-0.15, -0.1) is 0 Å². The highest BCUT2D eigenvalue weighted by Gasteiger charge is 2.33. The molecule has 16 heavy (non-hydrogen) atoms. The van der Waals surface area contributed by atoms with Gasteiger partial charge < -0.3 is 0 Å². The number of hydrogen-bond acceptors (Lipinski definition) is 3. The van der Waals surface area contributed by atoms with E-state index in [0.29, 0.717) is 5.69 Å². The van der Waals surface area contributed by atoms with Gasteiger partial charge in [0.15, 0.2) is 0 Å². The van der Waals surface area contributed by atoms with E-state index in [1.807, 2.05) is 13.8 Å². The second-order valence-corrected chi connectivity index (χ2v) is 6.86. The molecule has 0 amide bonds. The van der Waals surface area contributed by atoms with Crippen molar-refractivity contribution in [2.24, 2.45) is 0 Å². The first kappa shape index (κ1) is 11.9. The van der Waals surface area contributed by atoms with Crippen molar-refractivity contribution in [2.45, 2.75) is 50.0 Å². The molecule has 0 aromatic carbocycles. The van der Waals surface area contributed by atoms with Crippen molar-refractivity contribution in [2.75, 3.05) is 0 Å². The van der Waals surface area contributed by atoms with Crippen molar-refractivity contribution >= 4 is 19.7 Å². The molecule has 1 atom stereocenters. The number of nitrogens with zero attached hydrogens (tertiary/aromatic N) is 2. The van der Waals surface area contributed by atoms with E-state index < -0.39 is 9.05 Å². The van der Waals surface area contributed by atoms with Gasteiger partial charge in [0.25, 0.3) is 9.05 Å². The standard InChI is InChI=1S/C10H15ClN2O2S/c1-3-7(2)13-6-9(16(11,14)15)10(12-13)8-4-5-8/h6-8H,3-5H2,1-2H3. The van der Waals surface area contributed by atoms with Crippen LogP contribution in [0.2, 0.25) is 0 Å². The average Bonchev–Trinajstić information content (AvgIpc) is 2.94. The lowest BCUT2D eigenvalue weighted by Crippen LogP contribution is -2.04. The molecule has 90 valence electrons. The summed E-state index contributed by atoms with van der Waals surface area (Å²) in [5.41, 5.74) is 0.648. The molecule has 2 rings (SSSR count). The summed E-state index contributed by atoms with van der Waals surface area (Å²) in [7, 11) is 1.75. The second-order valence-electron chi connectivity index (χ2n) is 4.33. The Labute approximate surface area is 100 Å². The summed E-state index contributed by atoms with van der Waals surface area (Å²) in [4.78, 5) is 0.192. The van der Waals surface area contributed by atoms with Crippen LogP contribution in [0.15, 0.2) is 11.1 Å². The van der Waals surface area contributed by atoms with Crippen LogP contribution in [0.1, 0.15) is 50.8 Å². The largest absolute Gasteiger partial charge is 0.268 e. The third kappa shape index (κ3) is 2.25. The van der Waals surface area contributed by atoms with Gasteiger partial charge >= 0.3 is 0 Å². The average molecular weight is 263 g/mol. The minimum absolute atomic E-state index is 0.192. The predicted molar refractivity (Wildman–Crippen MR) is 62.2 cm³/mol. The SMILES string of the molecule is CCC(C)n1cc(S(=O)(=O)Cl)c(C2CC2)n1. The van der Waals surface area contributed by atoms with Crippen LogP contribution in [0.5, 0.6) is 0 Å². The minimum Gasteiger partial charge on any atom is -0.268 e. The zero-order valence-electron chi connectivity index (χ0n) is 9.35. The van der Waals surface area contributed by atoms with E-state index in [1.54, 1.807) is 10.9 Å². The molecule has 4 nitrogen and oxygen atoms in total. The Hall–Kier alpha value is -0.550. The molecule has 1 aliphatic rings. The van der Waals surface area contributed by atoms with Gasteiger partial charge in [-0.25, -0.2) is 8.42 Å².